The lowest BCUT2D eigenvalue weighted by Crippen LogP contribution is -2.37. The zero-order chi connectivity index (χ0) is 12.3. The molecule has 0 aromatic heterocycles. The van der Waals surface area contributed by atoms with Crippen molar-refractivity contribution in [2.45, 2.75) is 44.8 Å². The molecule has 0 spiro atoms. The fourth-order valence-corrected chi connectivity index (χ4v) is 2.71. The Morgan fingerprint density at radius 2 is 2.06 bits per heavy atom. The van der Waals surface area contributed by atoms with E-state index in [-0.39, 0.29) is 0 Å². The Labute approximate surface area is 112 Å². The molecule has 1 saturated carbocycles. The van der Waals surface area contributed by atoms with Gasteiger partial charge in [-0.2, -0.15) is 0 Å². The predicted octanol–water partition coefficient (Wildman–Crippen LogP) is 3.15. The molecule has 2 nitrogen and oxygen atoms in total. The number of nitrogens with one attached hydrogen (secondary N) is 1. The molecule has 2 N–H and O–H groups in total. The van der Waals surface area contributed by atoms with Crippen molar-refractivity contribution in [3.05, 3.63) is 33.8 Å². The molecule has 3 heteroatoms. The molecule has 17 heavy (non-hydrogen) atoms. The van der Waals surface area contributed by atoms with Crippen LogP contribution in [0.2, 0.25) is 0 Å². The van der Waals surface area contributed by atoms with Crippen LogP contribution in [0.5, 0.6) is 0 Å². The summed E-state index contributed by atoms with van der Waals surface area (Å²) in [5.41, 5.74) is 2.07. The van der Waals surface area contributed by atoms with Crippen molar-refractivity contribution >= 4 is 15.9 Å². The summed E-state index contributed by atoms with van der Waals surface area (Å²) in [7, 11) is 0. The molecule has 1 aliphatic rings. The van der Waals surface area contributed by atoms with E-state index in [9.17, 15) is 5.11 Å². The summed E-state index contributed by atoms with van der Waals surface area (Å²) in [4.78, 5) is 0. The van der Waals surface area contributed by atoms with Crippen molar-refractivity contribution in [3.63, 3.8) is 0 Å². The maximum atomic E-state index is 10.2. The molecule has 94 valence electrons. The molecule has 0 atom stereocenters. The highest BCUT2D eigenvalue weighted by atomic mass is 79.9. The number of rotatable bonds is 4. The molecule has 1 aliphatic carbocycles. The topological polar surface area (TPSA) is 32.3 Å². The average molecular weight is 298 g/mol. The third kappa shape index (κ3) is 3.54. The third-order valence-electron chi connectivity index (χ3n) is 3.54. The summed E-state index contributed by atoms with van der Waals surface area (Å²) in [5, 5.41) is 13.6. The van der Waals surface area contributed by atoms with E-state index in [1.54, 1.807) is 0 Å². The first-order valence-electron chi connectivity index (χ1n) is 6.27. The highest BCUT2D eigenvalue weighted by Crippen LogP contribution is 2.28. The number of benzene rings is 1. The van der Waals surface area contributed by atoms with Gasteiger partial charge in [0, 0.05) is 17.6 Å². The number of hydrogen-bond acceptors (Lipinski definition) is 2. The minimum Gasteiger partial charge on any atom is -0.389 e. The minimum absolute atomic E-state index is 0.454. The molecular formula is C14H20BrNO. The lowest BCUT2D eigenvalue weighted by Gasteiger charge is -2.22. The molecule has 0 saturated heterocycles. The largest absolute Gasteiger partial charge is 0.389 e. The molecule has 1 aromatic carbocycles. The van der Waals surface area contributed by atoms with Crippen LogP contribution in [0.4, 0.5) is 0 Å². The summed E-state index contributed by atoms with van der Waals surface area (Å²) >= 11 is 3.50. The van der Waals surface area contributed by atoms with Crippen LogP contribution < -0.4 is 5.32 Å². The summed E-state index contributed by atoms with van der Waals surface area (Å²) in [6.45, 7) is 3.64. The van der Waals surface area contributed by atoms with E-state index in [4.69, 9.17) is 0 Å². The van der Waals surface area contributed by atoms with E-state index in [1.165, 1.54) is 11.1 Å². The molecule has 1 fully saturated rings. The average Bonchev–Trinajstić information content (AvgIpc) is 2.71. The van der Waals surface area contributed by atoms with E-state index in [1.807, 2.05) is 0 Å². The van der Waals surface area contributed by atoms with Crippen LogP contribution in [0.3, 0.4) is 0 Å². The Hall–Kier alpha value is -0.380. The van der Waals surface area contributed by atoms with Gasteiger partial charge in [0.25, 0.3) is 0 Å². The number of hydrogen-bond donors (Lipinski definition) is 2. The van der Waals surface area contributed by atoms with E-state index >= 15 is 0 Å². The van der Waals surface area contributed by atoms with Gasteiger partial charge in [0.05, 0.1) is 5.60 Å². The van der Waals surface area contributed by atoms with Crippen LogP contribution in [0.1, 0.15) is 36.8 Å². The smallest absolute Gasteiger partial charge is 0.0771 e. The number of halogens is 1. The van der Waals surface area contributed by atoms with Gasteiger partial charge < -0.3 is 10.4 Å². The highest BCUT2D eigenvalue weighted by molar-refractivity contribution is 9.10. The summed E-state index contributed by atoms with van der Waals surface area (Å²) < 4.78 is 1.15. The van der Waals surface area contributed by atoms with Crippen LogP contribution in [0, 0.1) is 6.92 Å². The van der Waals surface area contributed by atoms with Crippen molar-refractivity contribution in [1.29, 1.82) is 0 Å². The van der Waals surface area contributed by atoms with Crippen molar-refractivity contribution in [2.75, 3.05) is 6.54 Å². The third-order valence-corrected chi connectivity index (χ3v) is 4.43. The summed E-state index contributed by atoms with van der Waals surface area (Å²) in [5.74, 6) is 0. The van der Waals surface area contributed by atoms with E-state index in [0.29, 0.717) is 6.54 Å². The second-order valence-corrected chi connectivity index (χ2v) is 5.97. The van der Waals surface area contributed by atoms with Crippen molar-refractivity contribution in [1.82, 2.24) is 5.32 Å². The SMILES string of the molecule is Cc1cc(CNCC2(O)CCCC2)ccc1Br. The van der Waals surface area contributed by atoms with Crippen LogP contribution in [0.25, 0.3) is 0 Å². The van der Waals surface area contributed by atoms with Crippen molar-refractivity contribution in [2.24, 2.45) is 0 Å². The van der Waals surface area contributed by atoms with Crippen LogP contribution in [-0.2, 0) is 6.54 Å². The van der Waals surface area contributed by atoms with Crippen molar-refractivity contribution in [3.8, 4) is 0 Å². The molecule has 0 heterocycles. The fraction of sp³-hybridized carbons (Fsp3) is 0.571. The minimum atomic E-state index is -0.454. The standard InChI is InChI=1S/C14H20BrNO/c1-11-8-12(4-5-13(11)15)9-16-10-14(17)6-2-3-7-14/h4-5,8,16-17H,2-3,6-7,9-10H2,1H3. The molecule has 0 aliphatic heterocycles. The molecule has 0 bridgehead atoms. The Kier molecular flexibility index (Phi) is 4.23. The first-order chi connectivity index (χ1) is 8.09. The normalized spacial score (nSPS) is 18.5. The van der Waals surface area contributed by atoms with Gasteiger partial charge in [-0.1, -0.05) is 40.9 Å². The van der Waals surface area contributed by atoms with E-state index < -0.39 is 5.60 Å². The Morgan fingerprint density at radius 1 is 1.35 bits per heavy atom. The van der Waals surface area contributed by atoms with Crippen LogP contribution in [0.15, 0.2) is 22.7 Å². The second kappa shape index (κ2) is 5.51. The zero-order valence-corrected chi connectivity index (χ0v) is 11.9. The van der Waals surface area contributed by atoms with Gasteiger partial charge in [-0.3, -0.25) is 0 Å². The fourth-order valence-electron chi connectivity index (χ4n) is 2.47. The molecule has 0 radical (unpaired) electrons. The van der Waals surface area contributed by atoms with Gasteiger partial charge >= 0.3 is 0 Å². The van der Waals surface area contributed by atoms with Gasteiger partial charge in [-0.15, -0.1) is 0 Å². The van der Waals surface area contributed by atoms with Gasteiger partial charge in [0.2, 0.25) is 0 Å². The predicted molar refractivity (Wildman–Crippen MR) is 74.0 cm³/mol. The van der Waals surface area contributed by atoms with E-state index in [2.05, 4.69) is 46.4 Å². The first-order valence-corrected chi connectivity index (χ1v) is 7.06. The highest BCUT2D eigenvalue weighted by Gasteiger charge is 2.30. The molecule has 2 rings (SSSR count). The van der Waals surface area contributed by atoms with Crippen LogP contribution in [-0.4, -0.2) is 17.3 Å². The molecule has 1 aromatic rings. The lowest BCUT2D eigenvalue weighted by atomic mass is 10.0. The Bertz CT molecular complexity index is 386. The maximum absolute atomic E-state index is 10.2. The summed E-state index contributed by atoms with van der Waals surface area (Å²) in [6.07, 6.45) is 4.21. The zero-order valence-electron chi connectivity index (χ0n) is 10.3. The number of aryl methyl sites for hydroxylation is 1. The van der Waals surface area contributed by atoms with Crippen molar-refractivity contribution < 1.29 is 5.11 Å². The first kappa shape index (κ1) is 13.1. The van der Waals surface area contributed by atoms with Crippen LogP contribution >= 0.6 is 15.9 Å². The Morgan fingerprint density at radius 3 is 2.71 bits per heavy atom. The Balaban J connectivity index is 1.83. The summed E-state index contributed by atoms with van der Waals surface area (Å²) in [6, 6.07) is 6.37. The maximum Gasteiger partial charge on any atom is 0.0771 e. The number of aliphatic hydroxyl groups is 1. The monoisotopic (exact) mass is 297 g/mol. The molecular weight excluding hydrogens is 278 g/mol. The second-order valence-electron chi connectivity index (χ2n) is 5.12. The van der Waals surface area contributed by atoms with Gasteiger partial charge in [-0.05, 0) is 37.0 Å². The van der Waals surface area contributed by atoms with Gasteiger partial charge in [-0.25, -0.2) is 0 Å². The van der Waals surface area contributed by atoms with Gasteiger partial charge in [0.15, 0.2) is 0 Å². The molecule has 0 amide bonds. The van der Waals surface area contributed by atoms with E-state index in [0.717, 1.165) is 36.7 Å². The molecule has 0 unspecified atom stereocenters. The van der Waals surface area contributed by atoms with Gasteiger partial charge in [0.1, 0.15) is 0 Å². The quantitative estimate of drug-likeness (QED) is 0.895. The lowest BCUT2D eigenvalue weighted by molar-refractivity contribution is 0.0475.